The summed E-state index contributed by atoms with van der Waals surface area (Å²) in [5.74, 6) is 0.682. The number of benzene rings is 2. The van der Waals surface area contributed by atoms with E-state index in [-0.39, 0.29) is 11.7 Å². The van der Waals surface area contributed by atoms with Gasteiger partial charge in [-0.25, -0.2) is 10.4 Å². The lowest BCUT2D eigenvalue weighted by atomic mass is 10.1. The minimum atomic E-state index is -0.227. The van der Waals surface area contributed by atoms with Gasteiger partial charge in [-0.05, 0) is 31.2 Å². The number of methoxy groups -OCH3 is 1. The fourth-order valence-corrected chi connectivity index (χ4v) is 2.76. The van der Waals surface area contributed by atoms with Gasteiger partial charge in [-0.2, -0.15) is 5.10 Å². The largest absolute Gasteiger partial charge is 0.497 e. The lowest BCUT2D eigenvalue weighted by molar-refractivity contribution is -0.118. The molecular formula is C18H17N3O3S. The van der Waals surface area contributed by atoms with Crippen LogP contribution in [0.4, 0.5) is 0 Å². The number of amides is 1. The first-order chi connectivity index (χ1) is 12.2. The van der Waals surface area contributed by atoms with Crippen molar-refractivity contribution in [3.05, 3.63) is 54.1 Å². The highest BCUT2D eigenvalue weighted by molar-refractivity contribution is 7.99. The number of oxazole rings is 1. The molecule has 0 radical (unpaired) electrons. The minimum absolute atomic E-state index is 0.168. The molecule has 25 heavy (non-hydrogen) atoms. The fourth-order valence-electron chi connectivity index (χ4n) is 2.13. The molecular weight excluding hydrogens is 338 g/mol. The first kappa shape index (κ1) is 17.0. The van der Waals surface area contributed by atoms with Crippen molar-refractivity contribution in [2.45, 2.75) is 12.1 Å². The van der Waals surface area contributed by atoms with Crippen molar-refractivity contribution in [1.29, 1.82) is 0 Å². The number of hydrogen-bond acceptors (Lipinski definition) is 6. The number of rotatable bonds is 6. The molecule has 3 rings (SSSR count). The summed E-state index contributed by atoms with van der Waals surface area (Å²) in [4.78, 5) is 16.3. The number of carbonyl (C=O) groups is 1. The summed E-state index contributed by atoms with van der Waals surface area (Å²) >= 11 is 1.23. The summed E-state index contributed by atoms with van der Waals surface area (Å²) in [7, 11) is 1.61. The third-order valence-corrected chi connectivity index (χ3v) is 4.26. The maximum atomic E-state index is 12.0. The number of carbonyl (C=O) groups excluding carboxylic acids is 1. The van der Waals surface area contributed by atoms with Crippen LogP contribution < -0.4 is 10.2 Å². The third-order valence-electron chi connectivity index (χ3n) is 3.44. The molecule has 128 valence electrons. The van der Waals surface area contributed by atoms with Crippen LogP contribution in [0.2, 0.25) is 0 Å². The predicted octanol–water partition coefficient (Wildman–Crippen LogP) is 3.47. The van der Waals surface area contributed by atoms with Crippen molar-refractivity contribution in [3.8, 4) is 5.75 Å². The van der Waals surface area contributed by atoms with E-state index >= 15 is 0 Å². The number of hydrogen-bond donors (Lipinski definition) is 1. The number of thioether (sulfide) groups is 1. The van der Waals surface area contributed by atoms with Gasteiger partial charge >= 0.3 is 0 Å². The Kier molecular flexibility index (Phi) is 5.35. The zero-order valence-electron chi connectivity index (χ0n) is 13.9. The Hall–Kier alpha value is -2.80. The Bertz CT molecular complexity index is 888. The summed E-state index contributed by atoms with van der Waals surface area (Å²) in [5, 5.41) is 4.58. The molecule has 0 atom stereocenters. The van der Waals surface area contributed by atoms with E-state index in [1.165, 1.54) is 11.8 Å². The van der Waals surface area contributed by atoms with E-state index in [9.17, 15) is 4.79 Å². The Labute approximate surface area is 149 Å². The van der Waals surface area contributed by atoms with Gasteiger partial charge < -0.3 is 9.15 Å². The summed E-state index contributed by atoms with van der Waals surface area (Å²) in [6.45, 7) is 1.82. The Morgan fingerprint density at radius 1 is 1.28 bits per heavy atom. The molecule has 1 amide bonds. The normalized spacial score (nSPS) is 11.5. The Morgan fingerprint density at radius 2 is 2.12 bits per heavy atom. The van der Waals surface area contributed by atoms with E-state index in [1.54, 1.807) is 7.11 Å². The smallest absolute Gasteiger partial charge is 0.257 e. The second-order valence-electron chi connectivity index (χ2n) is 5.20. The molecule has 6 nitrogen and oxygen atoms in total. The third kappa shape index (κ3) is 4.39. The van der Waals surface area contributed by atoms with Crippen LogP contribution in [-0.2, 0) is 4.79 Å². The lowest BCUT2D eigenvalue weighted by Gasteiger charge is -2.04. The quantitative estimate of drug-likeness (QED) is 0.416. The number of aromatic nitrogens is 1. The van der Waals surface area contributed by atoms with E-state index in [4.69, 9.17) is 9.15 Å². The van der Waals surface area contributed by atoms with E-state index < -0.39 is 0 Å². The standard InChI is InChI=1S/C18H17N3O3S/c1-12(13-6-5-7-14(10-13)23-2)20-21-17(22)11-25-18-19-15-8-3-4-9-16(15)24-18/h3-10H,11H2,1-2H3,(H,21,22)/b20-12+. The van der Waals surface area contributed by atoms with Gasteiger partial charge in [0, 0.05) is 5.56 Å². The van der Waals surface area contributed by atoms with Gasteiger partial charge in [0.2, 0.25) is 0 Å². The van der Waals surface area contributed by atoms with Gasteiger partial charge in [0.1, 0.15) is 11.3 Å². The van der Waals surface area contributed by atoms with E-state index in [0.717, 1.165) is 16.8 Å². The number of nitrogens with zero attached hydrogens (tertiary/aromatic N) is 2. The molecule has 0 aliphatic heterocycles. The molecule has 0 bridgehead atoms. The monoisotopic (exact) mass is 355 g/mol. The molecule has 0 unspecified atom stereocenters. The summed E-state index contributed by atoms with van der Waals surface area (Å²) < 4.78 is 10.7. The van der Waals surface area contributed by atoms with Crippen molar-refractivity contribution < 1.29 is 13.9 Å². The molecule has 0 saturated heterocycles. The SMILES string of the molecule is COc1cccc(/C(C)=N/NC(=O)CSc2nc3ccccc3o2)c1. The summed E-state index contributed by atoms with van der Waals surface area (Å²) in [5.41, 5.74) is 5.60. The van der Waals surface area contributed by atoms with Crippen molar-refractivity contribution >= 4 is 34.5 Å². The van der Waals surface area contributed by atoms with E-state index in [2.05, 4.69) is 15.5 Å². The second-order valence-corrected chi connectivity index (χ2v) is 6.13. The molecule has 0 fully saturated rings. The molecule has 7 heteroatoms. The lowest BCUT2D eigenvalue weighted by Crippen LogP contribution is -2.21. The average molecular weight is 355 g/mol. The Morgan fingerprint density at radius 3 is 2.92 bits per heavy atom. The minimum Gasteiger partial charge on any atom is -0.497 e. The van der Waals surface area contributed by atoms with Gasteiger partial charge in [0.15, 0.2) is 5.58 Å². The molecule has 0 aliphatic rings. The van der Waals surface area contributed by atoms with Gasteiger partial charge in [0.25, 0.3) is 11.1 Å². The Balaban J connectivity index is 1.56. The van der Waals surface area contributed by atoms with Gasteiger partial charge in [-0.15, -0.1) is 0 Å². The maximum Gasteiger partial charge on any atom is 0.257 e. The first-order valence-corrected chi connectivity index (χ1v) is 8.60. The number of ether oxygens (including phenoxy) is 1. The molecule has 2 aromatic carbocycles. The molecule has 0 aliphatic carbocycles. The molecule has 1 aromatic heterocycles. The molecule has 3 aromatic rings. The molecule has 0 spiro atoms. The zero-order chi connectivity index (χ0) is 17.6. The van der Waals surface area contributed by atoms with Crippen molar-refractivity contribution in [1.82, 2.24) is 10.4 Å². The summed E-state index contributed by atoms with van der Waals surface area (Å²) in [6.07, 6.45) is 0. The number of para-hydroxylation sites is 2. The number of nitrogens with one attached hydrogen (secondary N) is 1. The molecule has 1 N–H and O–H groups in total. The van der Waals surface area contributed by atoms with E-state index in [1.807, 2.05) is 55.5 Å². The van der Waals surface area contributed by atoms with Crippen LogP contribution in [0.5, 0.6) is 5.75 Å². The number of fused-ring (bicyclic) bond motifs is 1. The van der Waals surface area contributed by atoms with Crippen LogP contribution in [0, 0.1) is 0 Å². The predicted molar refractivity (Wildman–Crippen MR) is 98.1 cm³/mol. The van der Waals surface area contributed by atoms with Crippen molar-refractivity contribution in [2.75, 3.05) is 12.9 Å². The topological polar surface area (TPSA) is 76.7 Å². The highest BCUT2D eigenvalue weighted by atomic mass is 32.2. The van der Waals surface area contributed by atoms with Crippen LogP contribution in [0.3, 0.4) is 0 Å². The van der Waals surface area contributed by atoms with Crippen LogP contribution in [0.1, 0.15) is 12.5 Å². The van der Waals surface area contributed by atoms with Gasteiger partial charge in [-0.3, -0.25) is 4.79 Å². The van der Waals surface area contributed by atoms with Crippen LogP contribution in [0.15, 0.2) is 63.3 Å². The number of hydrazone groups is 1. The molecule has 0 saturated carbocycles. The fraction of sp³-hybridized carbons (Fsp3) is 0.167. The van der Waals surface area contributed by atoms with Gasteiger partial charge in [0.05, 0.1) is 18.6 Å². The van der Waals surface area contributed by atoms with Crippen LogP contribution in [-0.4, -0.2) is 29.5 Å². The second kappa shape index (κ2) is 7.85. The van der Waals surface area contributed by atoms with Crippen LogP contribution >= 0.6 is 11.8 Å². The summed E-state index contributed by atoms with van der Waals surface area (Å²) in [6, 6.07) is 15.0. The highest BCUT2D eigenvalue weighted by Gasteiger charge is 2.09. The average Bonchev–Trinajstić information content (AvgIpc) is 3.07. The first-order valence-electron chi connectivity index (χ1n) is 7.61. The van der Waals surface area contributed by atoms with Crippen molar-refractivity contribution in [2.24, 2.45) is 5.10 Å². The zero-order valence-corrected chi connectivity index (χ0v) is 14.7. The maximum absolute atomic E-state index is 12.0. The highest BCUT2D eigenvalue weighted by Crippen LogP contribution is 2.22. The molecule has 1 heterocycles. The van der Waals surface area contributed by atoms with Gasteiger partial charge in [-0.1, -0.05) is 36.0 Å². The van der Waals surface area contributed by atoms with E-state index in [0.29, 0.717) is 16.5 Å². The van der Waals surface area contributed by atoms with Crippen molar-refractivity contribution in [3.63, 3.8) is 0 Å². The van der Waals surface area contributed by atoms with Crippen LogP contribution in [0.25, 0.3) is 11.1 Å².